The van der Waals surface area contributed by atoms with Crippen LogP contribution in [0.2, 0.25) is 0 Å². The van der Waals surface area contributed by atoms with Crippen molar-refractivity contribution in [3.63, 3.8) is 0 Å². The van der Waals surface area contributed by atoms with Gasteiger partial charge < -0.3 is 4.79 Å². The van der Waals surface area contributed by atoms with Gasteiger partial charge in [-0.05, 0) is 25.3 Å². The molecule has 0 aromatic carbocycles. The van der Waals surface area contributed by atoms with Gasteiger partial charge in [0, 0.05) is 5.92 Å². The van der Waals surface area contributed by atoms with Gasteiger partial charge in [-0.3, -0.25) is 5.26 Å². The summed E-state index contributed by atoms with van der Waals surface area (Å²) in [5.74, 6) is 0.115. The molecular formula is C9H16O3. The summed E-state index contributed by atoms with van der Waals surface area (Å²) < 4.78 is 0. The Morgan fingerprint density at radius 1 is 1.67 bits per heavy atom. The lowest BCUT2D eigenvalue weighted by Crippen LogP contribution is -1.95. The molecule has 0 saturated carbocycles. The number of carbonyl (C=O) groups excluding carboxylic acids is 1. The van der Waals surface area contributed by atoms with Crippen molar-refractivity contribution >= 4 is 6.29 Å². The fraction of sp³-hybridized carbons (Fsp3) is 0.667. The van der Waals surface area contributed by atoms with Crippen LogP contribution in [0.25, 0.3) is 0 Å². The number of hydrogen-bond donors (Lipinski definition) is 1. The zero-order valence-electron chi connectivity index (χ0n) is 7.62. The molecule has 0 aliphatic carbocycles. The van der Waals surface area contributed by atoms with E-state index in [1.165, 1.54) is 0 Å². The predicted octanol–water partition coefficient (Wildman–Crippen LogP) is 2.04. The Morgan fingerprint density at radius 2 is 2.33 bits per heavy atom. The van der Waals surface area contributed by atoms with E-state index in [1.807, 2.05) is 19.9 Å². The van der Waals surface area contributed by atoms with Crippen molar-refractivity contribution in [3.8, 4) is 0 Å². The van der Waals surface area contributed by atoms with Crippen LogP contribution in [0.15, 0.2) is 11.6 Å². The Morgan fingerprint density at radius 3 is 2.83 bits per heavy atom. The monoisotopic (exact) mass is 172 g/mol. The third-order valence-electron chi connectivity index (χ3n) is 1.64. The standard InChI is InChI=1S/C9H16O3/c1-8(6-10)4-3-5-9(2)7-12-11/h5-6,8,11H,3-4,7H2,1-2H3/b9-5+. The summed E-state index contributed by atoms with van der Waals surface area (Å²) in [5, 5.41) is 8.09. The molecule has 0 saturated heterocycles. The first-order valence-corrected chi connectivity index (χ1v) is 4.08. The molecule has 0 heterocycles. The largest absolute Gasteiger partial charge is 0.303 e. The van der Waals surface area contributed by atoms with E-state index in [2.05, 4.69) is 4.89 Å². The van der Waals surface area contributed by atoms with Crippen LogP contribution in [0, 0.1) is 5.92 Å². The Bertz CT molecular complexity index is 152. The fourth-order valence-corrected chi connectivity index (χ4v) is 0.821. The highest BCUT2D eigenvalue weighted by molar-refractivity contribution is 5.52. The quantitative estimate of drug-likeness (QED) is 0.288. The van der Waals surface area contributed by atoms with E-state index in [4.69, 9.17) is 5.26 Å². The molecule has 0 fully saturated rings. The second kappa shape index (κ2) is 7.00. The zero-order chi connectivity index (χ0) is 9.40. The molecule has 0 bridgehead atoms. The summed E-state index contributed by atoms with van der Waals surface area (Å²) in [5.41, 5.74) is 0.982. The van der Waals surface area contributed by atoms with E-state index in [-0.39, 0.29) is 12.5 Å². The average Bonchev–Trinajstić information content (AvgIpc) is 2.04. The fourth-order valence-electron chi connectivity index (χ4n) is 0.821. The van der Waals surface area contributed by atoms with E-state index in [0.29, 0.717) is 0 Å². The van der Waals surface area contributed by atoms with Gasteiger partial charge in [0.25, 0.3) is 0 Å². The molecule has 0 rings (SSSR count). The molecule has 0 aromatic heterocycles. The summed E-state index contributed by atoms with van der Waals surface area (Å²) in [6.07, 6.45) is 4.63. The summed E-state index contributed by atoms with van der Waals surface area (Å²) in [4.78, 5) is 14.2. The lowest BCUT2D eigenvalue weighted by Gasteiger charge is -2.00. The van der Waals surface area contributed by atoms with Crippen LogP contribution in [0.4, 0.5) is 0 Å². The third kappa shape index (κ3) is 6.07. The molecule has 1 unspecified atom stereocenters. The SMILES string of the molecule is C/C(=C\CCC(C)C=O)COO. The number of aldehydes is 1. The van der Waals surface area contributed by atoms with Gasteiger partial charge in [-0.25, -0.2) is 4.89 Å². The average molecular weight is 172 g/mol. The second-order valence-corrected chi connectivity index (χ2v) is 3.01. The van der Waals surface area contributed by atoms with Crippen molar-refractivity contribution in [3.05, 3.63) is 11.6 Å². The molecule has 12 heavy (non-hydrogen) atoms. The number of carbonyl (C=O) groups is 1. The molecule has 70 valence electrons. The Hall–Kier alpha value is -0.670. The minimum absolute atomic E-state index is 0.115. The van der Waals surface area contributed by atoms with Gasteiger partial charge in [0.05, 0.1) is 0 Å². The maximum absolute atomic E-state index is 10.2. The van der Waals surface area contributed by atoms with Crippen LogP contribution < -0.4 is 0 Å². The van der Waals surface area contributed by atoms with Crippen molar-refractivity contribution < 1.29 is 14.9 Å². The molecule has 0 aliphatic heterocycles. The summed E-state index contributed by atoms with van der Waals surface area (Å²) in [6, 6.07) is 0. The van der Waals surface area contributed by atoms with E-state index in [0.717, 1.165) is 24.7 Å². The Labute approximate surface area is 73.0 Å². The highest BCUT2D eigenvalue weighted by Gasteiger charge is 1.97. The predicted molar refractivity (Wildman–Crippen MR) is 46.8 cm³/mol. The van der Waals surface area contributed by atoms with Gasteiger partial charge in [0.2, 0.25) is 0 Å². The van der Waals surface area contributed by atoms with Crippen molar-refractivity contribution in [2.45, 2.75) is 26.7 Å². The van der Waals surface area contributed by atoms with Crippen LogP contribution >= 0.6 is 0 Å². The first-order valence-electron chi connectivity index (χ1n) is 4.08. The van der Waals surface area contributed by atoms with Gasteiger partial charge in [-0.1, -0.05) is 13.0 Å². The molecule has 1 N–H and O–H groups in total. The van der Waals surface area contributed by atoms with Crippen molar-refractivity contribution in [1.29, 1.82) is 0 Å². The topological polar surface area (TPSA) is 46.5 Å². The van der Waals surface area contributed by atoms with Gasteiger partial charge in [-0.2, -0.15) is 0 Å². The van der Waals surface area contributed by atoms with Crippen LogP contribution in [0.3, 0.4) is 0 Å². The van der Waals surface area contributed by atoms with Gasteiger partial charge >= 0.3 is 0 Å². The molecule has 0 aliphatic rings. The molecule has 0 radical (unpaired) electrons. The van der Waals surface area contributed by atoms with Crippen LogP contribution in [0.1, 0.15) is 26.7 Å². The minimum atomic E-state index is 0.115. The summed E-state index contributed by atoms with van der Waals surface area (Å²) in [6.45, 7) is 4.01. The van der Waals surface area contributed by atoms with E-state index in [1.54, 1.807) is 0 Å². The van der Waals surface area contributed by atoms with Crippen LogP contribution in [-0.2, 0) is 9.68 Å². The van der Waals surface area contributed by atoms with Gasteiger partial charge in [0.1, 0.15) is 12.9 Å². The smallest absolute Gasteiger partial charge is 0.122 e. The zero-order valence-corrected chi connectivity index (χ0v) is 7.62. The second-order valence-electron chi connectivity index (χ2n) is 3.01. The Balaban J connectivity index is 3.51. The summed E-state index contributed by atoms with van der Waals surface area (Å²) >= 11 is 0. The van der Waals surface area contributed by atoms with Crippen LogP contribution in [-0.4, -0.2) is 18.2 Å². The molecule has 3 heteroatoms. The van der Waals surface area contributed by atoms with Crippen molar-refractivity contribution in [1.82, 2.24) is 0 Å². The molecule has 0 amide bonds. The number of hydrogen-bond acceptors (Lipinski definition) is 3. The van der Waals surface area contributed by atoms with E-state index in [9.17, 15) is 4.79 Å². The molecule has 3 nitrogen and oxygen atoms in total. The first kappa shape index (κ1) is 11.3. The van der Waals surface area contributed by atoms with E-state index < -0.39 is 0 Å². The normalized spacial score (nSPS) is 14.4. The molecule has 1 atom stereocenters. The number of rotatable bonds is 6. The maximum Gasteiger partial charge on any atom is 0.122 e. The third-order valence-corrected chi connectivity index (χ3v) is 1.64. The van der Waals surface area contributed by atoms with Crippen LogP contribution in [0.5, 0.6) is 0 Å². The Kier molecular flexibility index (Phi) is 6.61. The lowest BCUT2D eigenvalue weighted by molar-refractivity contribution is -0.234. The molecular weight excluding hydrogens is 156 g/mol. The van der Waals surface area contributed by atoms with Gasteiger partial charge in [-0.15, -0.1) is 0 Å². The molecule has 0 aromatic rings. The lowest BCUT2D eigenvalue weighted by atomic mass is 10.1. The highest BCUT2D eigenvalue weighted by atomic mass is 17.1. The maximum atomic E-state index is 10.2. The highest BCUT2D eigenvalue weighted by Crippen LogP contribution is 2.05. The van der Waals surface area contributed by atoms with Crippen molar-refractivity contribution in [2.24, 2.45) is 5.92 Å². The summed E-state index contributed by atoms with van der Waals surface area (Å²) in [7, 11) is 0. The molecule has 0 spiro atoms. The number of allylic oxidation sites excluding steroid dienone is 1. The minimum Gasteiger partial charge on any atom is -0.303 e. The first-order chi connectivity index (χ1) is 5.70. The van der Waals surface area contributed by atoms with Gasteiger partial charge in [0.15, 0.2) is 0 Å². The van der Waals surface area contributed by atoms with E-state index >= 15 is 0 Å². The van der Waals surface area contributed by atoms with Crippen molar-refractivity contribution in [2.75, 3.05) is 6.61 Å².